The Kier molecular flexibility index (Phi) is 5.26. The van der Waals surface area contributed by atoms with Crippen LogP contribution in [-0.4, -0.2) is 59.4 Å². The highest BCUT2D eigenvalue weighted by Gasteiger charge is 2.59. The minimum Gasteiger partial charge on any atom is -0.477 e. The Balaban J connectivity index is 1.01. The van der Waals surface area contributed by atoms with Gasteiger partial charge in [-0.2, -0.15) is 13.2 Å². The minimum absolute atomic E-state index is 0.00501. The number of alkyl halides is 3. The second kappa shape index (κ2) is 8.48. The number of anilines is 2. The van der Waals surface area contributed by atoms with Crippen molar-refractivity contribution >= 4 is 23.2 Å². The van der Waals surface area contributed by atoms with Gasteiger partial charge in [-0.05, 0) is 72.8 Å². The van der Waals surface area contributed by atoms with E-state index in [0.717, 1.165) is 36.3 Å². The summed E-state index contributed by atoms with van der Waals surface area (Å²) in [7, 11) is 0. The Morgan fingerprint density at radius 3 is 2.16 bits per heavy atom. The minimum atomic E-state index is -4.61. The molecule has 5 aliphatic rings. The lowest BCUT2D eigenvalue weighted by Crippen LogP contribution is -2.44. The van der Waals surface area contributed by atoms with Gasteiger partial charge in [0.15, 0.2) is 0 Å². The number of rotatable bonds is 5. The van der Waals surface area contributed by atoms with Gasteiger partial charge in [-0.25, -0.2) is 4.98 Å². The van der Waals surface area contributed by atoms with E-state index < -0.39 is 17.6 Å². The highest BCUT2D eigenvalue weighted by Crippen LogP contribution is 2.54. The summed E-state index contributed by atoms with van der Waals surface area (Å²) < 4.78 is 45.8. The summed E-state index contributed by atoms with van der Waals surface area (Å²) in [5, 5.41) is 0. The molecule has 9 nitrogen and oxygen atoms in total. The lowest BCUT2D eigenvalue weighted by molar-refractivity contribution is -0.139. The zero-order chi connectivity index (χ0) is 26.2. The topological polar surface area (TPSA) is 98.8 Å². The second-order valence-corrected chi connectivity index (χ2v) is 11.0. The highest BCUT2D eigenvalue weighted by atomic mass is 19.4. The molecule has 4 heterocycles. The third-order valence-corrected chi connectivity index (χ3v) is 8.70. The smallest absolute Gasteiger partial charge is 0.421 e. The molecule has 1 aromatic heterocycles. The molecule has 0 spiro atoms. The van der Waals surface area contributed by atoms with Gasteiger partial charge in [0, 0.05) is 31.7 Å². The maximum absolute atomic E-state index is 13.5. The molecule has 4 atom stereocenters. The van der Waals surface area contributed by atoms with E-state index in [9.17, 15) is 22.8 Å². The van der Waals surface area contributed by atoms with E-state index in [-0.39, 0.29) is 41.9 Å². The molecule has 0 radical (unpaired) electrons. The van der Waals surface area contributed by atoms with E-state index in [1.165, 1.54) is 0 Å². The standard InChI is InChI=1S/C26H27F3N6O3/c27-26(28,29)19-4-6-21(30-23(19)38-12-13-1-2-13)25(37)35-10-17-15-8-34(9-16(15)18(17)11-35)24(36)14-3-5-20-22(7-14)32-33-31-20/h3-7,13,15-18,31-33H,1-2,8-12H2/t15-,16+,17?,18?. The third kappa shape index (κ3) is 3.93. The predicted molar refractivity (Wildman–Crippen MR) is 130 cm³/mol. The molecule has 12 heteroatoms. The van der Waals surface area contributed by atoms with Crippen LogP contribution in [0.4, 0.5) is 24.5 Å². The van der Waals surface area contributed by atoms with Crippen LogP contribution in [0.2, 0.25) is 0 Å². The molecule has 3 N–H and O–H groups in total. The number of ether oxygens (including phenoxy) is 1. The van der Waals surface area contributed by atoms with Crippen molar-refractivity contribution in [2.45, 2.75) is 19.0 Å². The van der Waals surface area contributed by atoms with Crippen LogP contribution in [0.1, 0.15) is 39.3 Å². The van der Waals surface area contributed by atoms with E-state index in [2.05, 4.69) is 21.4 Å². The summed E-state index contributed by atoms with van der Waals surface area (Å²) >= 11 is 0. The van der Waals surface area contributed by atoms with E-state index in [1.54, 1.807) is 4.90 Å². The van der Waals surface area contributed by atoms with Gasteiger partial charge in [0.2, 0.25) is 5.88 Å². The largest absolute Gasteiger partial charge is 0.477 e. The molecule has 2 aliphatic carbocycles. The number of hydrazine groups is 2. The van der Waals surface area contributed by atoms with Gasteiger partial charge in [0.1, 0.15) is 11.3 Å². The molecule has 2 saturated heterocycles. The predicted octanol–water partition coefficient (Wildman–Crippen LogP) is 3.24. The molecule has 38 heavy (non-hydrogen) atoms. The summed E-state index contributed by atoms with van der Waals surface area (Å²) in [6.07, 6.45) is -2.74. The number of fused-ring (bicyclic) bond motifs is 5. The van der Waals surface area contributed by atoms with Crippen LogP contribution in [0.25, 0.3) is 0 Å². The average Bonchev–Trinajstić information content (AvgIpc) is 3.30. The van der Waals surface area contributed by atoms with Gasteiger partial charge in [-0.15, -0.1) is 5.53 Å². The zero-order valence-corrected chi connectivity index (χ0v) is 20.4. The molecular weight excluding hydrogens is 501 g/mol. The molecule has 2 saturated carbocycles. The summed E-state index contributed by atoms with van der Waals surface area (Å²) in [6.45, 7) is 2.51. The molecule has 2 unspecified atom stereocenters. The number of amides is 2. The van der Waals surface area contributed by atoms with Crippen molar-refractivity contribution in [3.8, 4) is 5.88 Å². The number of nitrogens with one attached hydrogen (secondary N) is 3. The normalized spacial score (nSPS) is 27.1. The number of aromatic nitrogens is 1. The van der Waals surface area contributed by atoms with Gasteiger partial charge in [0.25, 0.3) is 11.8 Å². The maximum atomic E-state index is 13.5. The maximum Gasteiger partial charge on any atom is 0.421 e. The molecule has 2 aromatic rings. The van der Waals surface area contributed by atoms with Crippen LogP contribution in [0.15, 0.2) is 30.3 Å². The summed E-state index contributed by atoms with van der Waals surface area (Å²) in [6, 6.07) is 7.53. The number of pyridine rings is 1. The van der Waals surface area contributed by atoms with E-state index >= 15 is 0 Å². The number of halogens is 3. The lowest BCUT2D eigenvalue weighted by atomic mass is 9.60. The van der Waals surface area contributed by atoms with E-state index in [4.69, 9.17) is 4.74 Å². The Labute approximate surface area is 216 Å². The van der Waals surface area contributed by atoms with Crippen molar-refractivity contribution in [1.29, 1.82) is 0 Å². The van der Waals surface area contributed by atoms with Gasteiger partial charge in [-0.1, -0.05) is 0 Å². The number of carbonyl (C=O) groups excluding carboxylic acids is 2. The average molecular weight is 529 g/mol. The van der Waals surface area contributed by atoms with Crippen molar-refractivity contribution in [3.63, 3.8) is 0 Å². The molecule has 4 fully saturated rings. The van der Waals surface area contributed by atoms with Gasteiger partial charge in [0.05, 0.1) is 18.0 Å². The Morgan fingerprint density at radius 2 is 1.53 bits per heavy atom. The number of hydrogen-bond acceptors (Lipinski definition) is 7. The van der Waals surface area contributed by atoms with E-state index in [0.29, 0.717) is 43.6 Å². The molecule has 1 aromatic carbocycles. The summed E-state index contributed by atoms with van der Waals surface area (Å²) in [4.78, 5) is 34.0. The fourth-order valence-corrected chi connectivity index (χ4v) is 6.47. The first-order valence-electron chi connectivity index (χ1n) is 13.0. The van der Waals surface area contributed by atoms with Crippen LogP contribution < -0.4 is 21.1 Å². The quantitative estimate of drug-likeness (QED) is 0.548. The number of likely N-dealkylation sites (tertiary alicyclic amines) is 2. The fourth-order valence-electron chi connectivity index (χ4n) is 6.47. The van der Waals surface area contributed by atoms with Crippen LogP contribution in [-0.2, 0) is 6.18 Å². The lowest BCUT2D eigenvalue weighted by Gasteiger charge is -2.42. The summed E-state index contributed by atoms with van der Waals surface area (Å²) in [5.41, 5.74) is 10.1. The third-order valence-electron chi connectivity index (χ3n) is 8.70. The molecule has 2 amide bonds. The van der Waals surface area contributed by atoms with Crippen molar-refractivity contribution in [2.24, 2.45) is 29.6 Å². The van der Waals surface area contributed by atoms with Gasteiger partial charge >= 0.3 is 6.18 Å². The van der Waals surface area contributed by atoms with Crippen LogP contribution in [0.3, 0.4) is 0 Å². The van der Waals surface area contributed by atoms with Crippen LogP contribution in [0.5, 0.6) is 5.88 Å². The first-order chi connectivity index (χ1) is 18.3. The molecule has 200 valence electrons. The Bertz CT molecular complexity index is 1300. The highest BCUT2D eigenvalue weighted by molar-refractivity contribution is 5.97. The number of nitrogens with zero attached hydrogens (tertiary/aromatic N) is 3. The van der Waals surface area contributed by atoms with Gasteiger partial charge in [-0.3, -0.25) is 9.59 Å². The van der Waals surface area contributed by atoms with Crippen LogP contribution in [0, 0.1) is 29.6 Å². The first-order valence-corrected chi connectivity index (χ1v) is 13.0. The molecule has 7 rings (SSSR count). The Morgan fingerprint density at radius 1 is 0.895 bits per heavy atom. The first kappa shape index (κ1) is 23.6. The van der Waals surface area contributed by atoms with E-state index in [1.807, 2.05) is 23.1 Å². The Hall–Kier alpha value is -3.54. The molecular formula is C26H27F3N6O3. The number of hydrogen-bond donors (Lipinski definition) is 3. The SMILES string of the molecule is O=C(c1ccc2c(c1)NNN2)N1C[C@@H]2C3CN(C(=O)c4ccc(C(F)(F)F)c(OCC5CC5)n4)CC3[C@@H]2C1. The van der Waals surface area contributed by atoms with Crippen molar-refractivity contribution < 1.29 is 27.5 Å². The van der Waals surface area contributed by atoms with Gasteiger partial charge < -0.3 is 25.4 Å². The second-order valence-electron chi connectivity index (χ2n) is 11.0. The molecule has 3 aliphatic heterocycles. The van der Waals surface area contributed by atoms with Crippen molar-refractivity contribution in [3.05, 3.63) is 47.2 Å². The van der Waals surface area contributed by atoms with Crippen LogP contribution >= 0.6 is 0 Å². The monoisotopic (exact) mass is 528 g/mol. The van der Waals surface area contributed by atoms with Crippen molar-refractivity contribution in [1.82, 2.24) is 20.3 Å². The number of carbonyl (C=O) groups is 2. The molecule has 0 bridgehead atoms. The summed E-state index contributed by atoms with van der Waals surface area (Å²) in [5.74, 6) is 0.542. The fraction of sp³-hybridized carbons (Fsp3) is 0.500. The van der Waals surface area contributed by atoms with Crippen molar-refractivity contribution in [2.75, 3.05) is 43.6 Å². The number of benzene rings is 1. The zero-order valence-electron chi connectivity index (χ0n) is 20.4.